The van der Waals surface area contributed by atoms with Gasteiger partial charge < -0.3 is 9.84 Å². The van der Waals surface area contributed by atoms with Crippen LogP contribution < -0.4 is 10.2 Å². The number of benzene rings is 2. The second kappa shape index (κ2) is 8.33. The van der Waals surface area contributed by atoms with Crippen LogP contribution in [0.1, 0.15) is 35.6 Å². The van der Waals surface area contributed by atoms with Crippen LogP contribution in [0.4, 0.5) is 0 Å². The monoisotopic (exact) mass is 340 g/mol. The Morgan fingerprint density at radius 1 is 1.12 bits per heavy atom. The summed E-state index contributed by atoms with van der Waals surface area (Å²) in [6, 6.07) is 11.0. The smallest absolute Gasteiger partial charge is 0.277 e. The Bertz CT molecular complexity index is 798. The Morgan fingerprint density at radius 2 is 1.88 bits per heavy atom. The van der Waals surface area contributed by atoms with E-state index in [1.54, 1.807) is 6.07 Å². The second-order valence-electron chi connectivity index (χ2n) is 6.00. The van der Waals surface area contributed by atoms with Gasteiger partial charge in [-0.3, -0.25) is 4.79 Å². The van der Waals surface area contributed by atoms with Gasteiger partial charge in [0.05, 0.1) is 5.71 Å². The van der Waals surface area contributed by atoms with Crippen LogP contribution in [-0.2, 0) is 4.79 Å². The number of nitrogens with one attached hydrogen (secondary N) is 1. The number of ether oxygens (including phenoxy) is 1. The molecule has 0 bridgehead atoms. The number of rotatable bonds is 6. The van der Waals surface area contributed by atoms with Gasteiger partial charge in [0.25, 0.3) is 5.91 Å². The predicted octanol–water partition coefficient (Wildman–Crippen LogP) is 3.63. The lowest BCUT2D eigenvalue weighted by atomic mass is 10.0. The van der Waals surface area contributed by atoms with Gasteiger partial charge in [-0.05, 0) is 62.6 Å². The summed E-state index contributed by atoms with van der Waals surface area (Å²) in [6.45, 7) is 7.75. The van der Waals surface area contributed by atoms with Crippen molar-refractivity contribution in [3.8, 4) is 11.5 Å². The number of nitrogens with zero attached hydrogens (tertiary/aromatic N) is 1. The zero-order valence-electron chi connectivity index (χ0n) is 15.1. The van der Waals surface area contributed by atoms with E-state index < -0.39 is 0 Å². The minimum absolute atomic E-state index is 0.122. The number of hydrazone groups is 1. The van der Waals surface area contributed by atoms with Gasteiger partial charge in [0.15, 0.2) is 6.61 Å². The van der Waals surface area contributed by atoms with Gasteiger partial charge in [-0.1, -0.05) is 24.6 Å². The van der Waals surface area contributed by atoms with Gasteiger partial charge in [0.2, 0.25) is 0 Å². The van der Waals surface area contributed by atoms with Gasteiger partial charge in [0, 0.05) is 5.56 Å². The van der Waals surface area contributed by atoms with Gasteiger partial charge in [0.1, 0.15) is 11.5 Å². The third kappa shape index (κ3) is 5.08. The minimum Gasteiger partial charge on any atom is -0.507 e. The lowest BCUT2D eigenvalue weighted by Gasteiger charge is -2.09. The highest BCUT2D eigenvalue weighted by molar-refractivity contribution is 6.03. The number of hydrogen-bond acceptors (Lipinski definition) is 4. The van der Waals surface area contributed by atoms with E-state index in [2.05, 4.69) is 10.5 Å². The van der Waals surface area contributed by atoms with Crippen molar-refractivity contribution in [1.29, 1.82) is 0 Å². The quantitative estimate of drug-likeness (QED) is 0.623. The van der Waals surface area contributed by atoms with E-state index in [9.17, 15) is 9.90 Å². The summed E-state index contributed by atoms with van der Waals surface area (Å²) >= 11 is 0. The van der Waals surface area contributed by atoms with Crippen LogP contribution in [0.25, 0.3) is 0 Å². The molecular weight excluding hydrogens is 316 g/mol. The van der Waals surface area contributed by atoms with Gasteiger partial charge in [-0.2, -0.15) is 5.10 Å². The molecule has 0 unspecified atom stereocenters. The lowest BCUT2D eigenvalue weighted by molar-refractivity contribution is -0.123. The van der Waals surface area contributed by atoms with E-state index in [4.69, 9.17) is 4.74 Å². The van der Waals surface area contributed by atoms with Crippen molar-refractivity contribution >= 4 is 11.6 Å². The summed E-state index contributed by atoms with van der Waals surface area (Å²) in [5, 5.41) is 14.1. The molecule has 0 spiro atoms. The fourth-order valence-electron chi connectivity index (χ4n) is 2.33. The normalized spacial score (nSPS) is 11.3. The van der Waals surface area contributed by atoms with Gasteiger partial charge >= 0.3 is 0 Å². The lowest BCUT2D eigenvalue weighted by Crippen LogP contribution is -2.26. The van der Waals surface area contributed by atoms with Crippen LogP contribution in [0.15, 0.2) is 41.5 Å². The van der Waals surface area contributed by atoms with Crippen molar-refractivity contribution in [3.05, 3.63) is 58.7 Å². The minimum atomic E-state index is -0.351. The standard InChI is InChI=1S/C20H24N2O3/c1-5-18(17-10-13(2)6-9-19(17)23)21-22-20(24)12-25-16-8-7-14(3)15(4)11-16/h6-11,23H,5,12H2,1-4H3,(H,22,24)/b21-18+. The molecule has 5 heteroatoms. The molecule has 0 heterocycles. The van der Waals surface area contributed by atoms with Crippen molar-refractivity contribution in [2.45, 2.75) is 34.1 Å². The van der Waals surface area contributed by atoms with Gasteiger partial charge in [-0.25, -0.2) is 5.43 Å². The Kier molecular flexibility index (Phi) is 6.17. The molecule has 2 aromatic carbocycles. The van der Waals surface area contributed by atoms with E-state index >= 15 is 0 Å². The van der Waals surface area contributed by atoms with Crippen molar-refractivity contribution in [1.82, 2.24) is 5.43 Å². The molecule has 0 atom stereocenters. The molecule has 132 valence electrons. The molecule has 2 N–H and O–H groups in total. The van der Waals surface area contributed by atoms with Crippen molar-refractivity contribution in [3.63, 3.8) is 0 Å². The number of carbonyl (C=O) groups excluding carboxylic acids is 1. The summed E-state index contributed by atoms with van der Waals surface area (Å²) in [4.78, 5) is 12.0. The highest BCUT2D eigenvalue weighted by Crippen LogP contribution is 2.20. The fourth-order valence-corrected chi connectivity index (χ4v) is 2.33. The summed E-state index contributed by atoms with van der Waals surface area (Å²) in [6.07, 6.45) is 0.579. The van der Waals surface area contributed by atoms with Crippen LogP contribution in [0.5, 0.6) is 11.5 Å². The maximum atomic E-state index is 12.0. The first-order valence-corrected chi connectivity index (χ1v) is 8.26. The number of phenols is 1. The van der Waals surface area contributed by atoms with E-state index in [1.165, 1.54) is 5.56 Å². The highest BCUT2D eigenvalue weighted by Gasteiger charge is 2.09. The topological polar surface area (TPSA) is 70.9 Å². The Morgan fingerprint density at radius 3 is 2.56 bits per heavy atom. The van der Waals surface area contributed by atoms with E-state index in [0.29, 0.717) is 23.4 Å². The molecule has 0 aromatic heterocycles. The predicted molar refractivity (Wildman–Crippen MR) is 99.2 cm³/mol. The molecule has 25 heavy (non-hydrogen) atoms. The van der Waals surface area contributed by atoms with Crippen LogP contribution in [0.2, 0.25) is 0 Å². The Hall–Kier alpha value is -2.82. The molecule has 5 nitrogen and oxygen atoms in total. The second-order valence-corrected chi connectivity index (χ2v) is 6.00. The zero-order valence-corrected chi connectivity index (χ0v) is 15.1. The van der Waals surface area contributed by atoms with Crippen LogP contribution in [-0.4, -0.2) is 23.3 Å². The molecule has 1 amide bonds. The molecule has 0 saturated carbocycles. The largest absolute Gasteiger partial charge is 0.507 e. The SMILES string of the molecule is CC/C(=N\NC(=O)COc1ccc(C)c(C)c1)c1cc(C)ccc1O. The molecule has 0 aliphatic heterocycles. The molecule has 0 radical (unpaired) electrons. The highest BCUT2D eigenvalue weighted by atomic mass is 16.5. The van der Waals surface area contributed by atoms with E-state index in [-0.39, 0.29) is 18.3 Å². The fraction of sp³-hybridized carbons (Fsp3) is 0.300. The van der Waals surface area contributed by atoms with Crippen molar-refractivity contribution < 1.29 is 14.6 Å². The van der Waals surface area contributed by atoms with Crippen molar-refractivity contribution in [2.75, 3.05) is 6.61 Å². The first-order valence-electron chi connectivity index (χ1n) is 8.26. The molecule has 0 saturated heterocycles. The van der Waals surface area contributed by atoms with Gasteiger partial charge in [-0.15, -0.1) is 0 Å². The summed E-state index contributed by atoms with van der Waals surface area (Å²) in [7, 11) is 0. The number of amides is 1. The summed E-state index contributed by atoms with van der Waals surface area (Å²) in [5.74, 6) is 0.442. The van der Waals surface area contributed by atoms with E-state index in [1.807, 2.05) is 58.0 Å². The molecule has 0 aliphatic carbocycles. The molecule has 0 fully saturated rings. The maximum absolute atomic E-state index is 12.0. The number of hydrogen-bond donors (Lipinski definition) is 2. The molecular formula is C20H24N2O3. The first-order chi connectivity index (χ1) is 11.9. The number of aromatic hydroxyl groups is 1. The number of phenolic OH excluding ortho intramolecular Hbond substituents is 1. The number of aryl methyl sites for hydroxylation is 3. The summed E-state index contributed by atoms with van der Waals surface area (Å²) < 4.78 is 5.49. The Balaban J connectivity index is 1.99. The van der Waals surface area contributed by atoms with Crippen LogP contribution in [0.3, 0.4) is 0 Å². The Labute approximate surface area is 148 Å². The maximum Gasteiger partial charge on any atom is 0.277 e. The first kappa shape index (κ1) is 18.5. The average molecular weight is 340 g/mol. The number of carbonyl (C=O) groups is 1. The third-order valence-electron chi connectivity index (χ3n) is 3.96. The molecule has 0 aliphatic rings. The van der Waals surface area contributed by atoms with E-state index in [0.717, 1.165) is 11.1 Å². The van der Waals surface area contributed by atoms with Crippen LogP contribution in [0, 0.1) is 20.8 Å². The summed E-state index contributed by atoms with van der Waals surface area (Å²) in [5.41, 5.74) is 7.02. The van der Waals surface area contributed by atoms with Crippen molar-refractivity contribution in [2.24, 2.45) is 5.10 Å². The average Bonchev–Trinajstić information content (AvgIpc) is 2.59. The van der Waals surface area contributed by atoms with Crippen LogP contribution >= 0.6 is 0 Å². The third-order valence-corrected chi connectivity index (χ3v) is 3.96. The molecule has 2 rings (SSSR count). The molecule has 2 aromatic rings. The zero-order chi connectivity index (χ0) is 18.4.